The summed E-state index contributed by atoms with van der Waals surface area (Å²) in [5.41, 5.74) is 0. The number of carbonyl (C=O) groups excluding carboxylic acids is 3. The highest BCUT2D eigenvalue weighted by Crippen LogP contribution is 2.16. The largest absolute Gasteiger partial charge is 0.462 e. The van der Waals surface area contributed by atoms with Crippen molar-refractivity contribution in [2.75, 3.05) is 13.2 Å². The second kappa shape index (κ2) is 63.9. The Morgan fingerprint density at radius 1 is 0.276 bits per heavy atom. The molecule has 76 heavy (non-hydrogen) atoms. The number of allylic oxidation sites excluding steroid dienone is 16. The molecule has 0 fully saturated rings. The summed E-state index contributed by atoms with van der Waals surface area (Å²) in [5.74, 6) is -0.898. The van der Waals surface area contributed by atoms with E-state index in [1.165, 1.54) is 148 Å². The fourth-order valence-electron chi connectivity index (χ4n) is 9.01. The minimum absolute atomic E-state index is 0.0847. The molecule has 0 aromatic rings. The van der Waals surface area contributed by atoms with Crippen LogP contribution in [0.4, 0.5) is 0 Å². The van der Waals surface area contributed by atoms with Gasteiger partial charge in [-0.3, -0.25) is 14.4 Å². The molecule has 0 amide bonds. The van der Waals surface area contributed by atoms with E-state index in [1.54, 1.807) is 0 Å². The lowest BCUT2D eigenvalue weighted by Gasteiger charge is -2.18. The molecule has 0 radical (unpaired) electrons. The van der Waals surface area contributed by atoms with E-state index in [0.29, 0.717) is 19.3 Å². The zero-order chi connectivity index (χ0) is 55.0. The number of hydrogen-bond acceptors (Lipinski definition) is 6. The molecule has 0 aliphatic rings. The molecule has 6 heteroatoms. The third kappa shape index (κ3) is 61.2. The predicted molar refractivity (Wildman–Crippen MR) is 330 cm³/mol. The molecule has 436 valence electrons. The lowest BCUT2D eigenvalue weighted by molar-refractivity contribution is -0.167. The van der Waals surface area contributed by atoms with Gasteiger partial charge >= 0.3 is 17.9 Å². The first-order valence-electron chi connectivity index (χ1n) is 32.2. The highest BCUT2D eigenvalue weighted by molar-refractivity contribution is 5.71. The molecular formula is C70H120O6. The van der Waals surface area contributed by atoms with Crippen LogP contribution in [0.15, 0.2) is 97.2 Å². The molecule has 0 saturated carbocycles. The number of hydrogen-bond donors (Lipinski definition) is 0. The van der Waals surface area contributed by atoms with Crippen molar-refractivity contribution in [2.45, 2.75) is 316 Å². The lowest BCUT2D eigenvalue weighted by atomic mass is 10.0. The summed E-state index contributed by atoms with van der Waals surface area (Å²) in [6.07, 6.45) is 85.5. The van der Waals surface area contributed by atoms with Crippen molar-refractivity contribution in [3.8, 4) is 0 Å². The maximum absolute atomic E-state index is 12.9. The molecule has 0 bridgehead atoms. The Morgan fingerprint density at radius 3 is 0.803 bits per heavy atom. The van der Waals surface area contributed by atoms with Crippen LogP contribution in [-0.2, 0) is 28.6 Å². The number of rotatable bonds is 58. The van der Waals surface area contributed by atoms with Crippen molar-refractivity contribution >= 4 is 17.9 Å². The van der Waals surface area contributed by atoms with E-state index in [1.807, 2.05) is 0 Å². The van der Waals surface area contributed by atoms with Gasteiger partial charge in [0.25, 0.3) is 0 Å². The number of carbonyl (C=O) groups is 3. The maximum atomic E-state index is 12.9. The van der Waals surface area contributed by atoms with E-state index < -0.39 is 6.10 Å². The Morgan fingerprint density at radius 2 is 0.513 bits per heavy atom. The third-order valence-corrected chi connectivity index (χ3v) is 13.8. The normalized spacial score (nSPS) is 12.7. The van der Waals surface area contributed by atoms with Crippen LogP contribution in [0.3, 0.4) is 0 Å². The Balaban J connectivity index is 4.35. The molecule has 0 aliphatic heterocycles. The van der Waals surface area contributed by atoms with Gasteiger partial charge in [-0.25, -0.2) is 0 Å². The third-order valence-electron chi connectivity index (χ3n) is 13.8. The molecule has 0 aromatic carbocycles. The van der Waals surface area contributed by atoms with Gasteiger partial charge in [0.1, 0.15) is 13.2 Å². The smallest absolute Gasteiger partial charge is 0.306 e. The number of unbranched alkanes of at least 4 members (excludes halogenated alkanes) is 31. The van der Waals surface area contributed by atoms with Gasteiger partial charge in [0.05, 0.1) is 0 Å². The zero-order valence-corrected chi connectivity index (χ0v) is 50.0. The van der Waals surface area contributed by atoms with Crippen molar-refractivity contribution in [1.29, 1.82) is 0 Å². The van der Waals surface area contributed by atoms with Gasteiger partial charge < -0.3 is 14.2 Å². The molecule has 6 nitrogen and oxygen atoms in total. The van der Waals surface area contributed by atoms with Gasteiger partial charge in [-0.15, -0.1) is 0 Å². The van der Waals surface area contributed by atoms with Crippen molar-refractivity contribution in [3.05, 3.63) is 97.2 Å². The summed E-state index contributed by atoms with van der Waals surface area (Å²) in [6.45, 7) is 6.52. The first kappa shape index (κ1) is 72.3. The molecule has 0 saturated heterocycles. The Bertz CT molecular complexity index is 1490. The standard InChI is InChI=1S/C70H120O6/c1-4-7-10-13-16-19-22-25-27-29-31-33-34-35-36-38-39-41-43-45-48-51-54-57-60-63-69(72)75-66-67(65-74-68(71)62-59-56-53-50-47-24-21-18-15-12-9-6-3)76-70(73)64-61-58-55-52-49-46-44-42-40-37-32-30-28-26-23-20-17-14-11-8-5-2/h8,11,17,20,22,25-26,28-29,31-32,34-35,37,42,44,67H,4-7,9-10,12-16,18-19,21,23-24,27,30,33,36,38-41,43,45-66H2,1-3H3/b11-8-,20-17-,25-22-,28-26-,31-29-,35-34-,37-32-,44-42-. The minimum Gasteiger partial charge on any atom is -0.462 e. The number of esters is 3. The van der Waals surface area contributed by atoms with Crippen molar-refractivity contribution < 1.29 is 28.6 Å². The molecule has 0 spiro atoms. The average Bonchev–Trinajstić information content (AvgIpc) is 3.42. The lowest BCUT2D eigenvalue weighted by Crippen LogP contribution is -2.30. The summed E-state index contributed by atoms with van der Waals surface area (Å²) < 4.78 is 16.9. The van der Waals surface area contributed by atoms with Crippen LogP contribution in [0.2, 0.25) is 0 Å². The SMILES string of the molecule is CC/C=C\C/C=C\C/C=C\C/C=C\C/C=C\CCCCCCCC(=O)OC(COC(=O)CCCCCCCCCCCC/C=C\C/C=C\C/C=C\CCCCCCC)COC(=O)CCCCCCCCCCCCCC. The van der Waals surface area contributed by atoms with E-state index in [0.717, 1.165) is 122 Å². The summed E-state index contributed by atoms with van der Waals surface area (Å²) in [4.78, 5) is 38.3. The summed E-state index contributed by atoms with van der Waals surface area (Å²) in [5, 5.41) is 0. The van der Waals surface area contributed by atoms with Gasteiger partial charge in [0.2, 0.25) is 0 Å². The average molecular weight is 1060 g/mol. The van der Waals surface area contributed by atoms with E-state index in [9.17, 15) is 14.4 Å². The molecule has 0 heterocycles. The quantitative estimate of drug-likeness (QED) is 0.0261. The van der Waals surface area contributed by atoms with Crippen LogP contribution in [0, 0.1) is 0 Å². The van der Waals surface area contributed by atoms with Gasteiger partial charge in [-0.2, -0.15) is 0 Å². The molecule has 1 unspecified atom stereocenters. The van der Waals surface area contributed by atoms with Gasteiger partial charge in [-0.05, 0) is 103 Å². The molecule has 0 N–H and O–H groups in total. The van der Waals surface area contributed by atoms with E-state index in [2.05, 4.69) is 118 Å². The van der Waals surface area contributed by atoms with E-state index in [-0.39, 0.29) is 31.1 Å². The van der Waals surface area contributed by atoms with Crippen LogP contribution in [0.5, 0.6) is 0 Å². The molecule has 0 aromatic heterocycles. The monoisotopic (exact) mass is 1060 g/mol. The molecule has 0 aliphatic carbocycles. The maximum Gasteiger partial charge on any atom is 0.306 e. The summed E-state index contributed by atoms with van der Waals surface area (Å²) in [6, 6.07) is 0. The van der Waals surface area contributed by atoms with Gasteiger partial charge in [0.15, 0.2) is 6.10 Å². The molecular weight excluding hydrogens is 937 g/mol. The first-order valence-corrected chi connectivity index (χ1v) is 32.2. The van der Waals surface area contributed by atoms with Crippen LogP contribution >= 0.6 is 0 Å². The molecule has 0 rings (SSSR count). The van der Waals surface area contributed by atoms with Gasteiger partial charge in [-0.1, -0.05) is 285 Å². The first-order chi connectivity index (χ1) is 37.5. The Labute approximate surface area is 470 Å². The van der Waals surface area contributed by atoms with Crippen LogP contribution in [-0.4, -0.2) is 37.2 Å². The van der Waals surface area contributed by atoms with Crippen molar-refractivity contribution in [2.24, 2.45) is 0 Å². The minimum atomic E-state index is -0.790. The second-order valence-corrected chi connectivity index (χ2v) is 21.3. The Kier molecular flexibility index (Phi) is 60.8. The van der Waals surface area contributed by atoms with Crippen LogP contribution < -0.4 is 0 Å². The highest BCUT2D eigenvalue weighted by atomic mass is 16.6. The van der Waals surface area contributed by atoms with Crippen LogP contribution in [0.1, 0.15) is 310 Å². The fourth-order valence-corrected chi connectivity index (χ4v) is 9.01. The highest BCUT2D eigenvalue weighted by Gasteiger charge is 2.19. The topological polar surface area (TPSA) is 78.9 Å². The van der Waals surface area contributed by atoms with Crippen molar-refractivity contribution in [3.63, 3.8) is 0 Å². The number of ether oxygens (including phenoxy) is 3. The van der Waals surface area contributed by atoms with E-state index in [4.69, 9.17) is 14.2 Å². The molecule has 1 atom stereocenters. The fraction of sp³-hybridized carbons (Fsp3) is 0.729. The summed E-state index contributed by atoms with van der Waals surface area (Å²) >= 11 is 0. The van der Waals surface area contributed by atoms with Gasteiger partial charge in [0, 0.05) is 19.3 Å². The summed E-state index contributed by atoms with van der Waals surface area (Å²) in [7, 11) is 0. The van der Waals surface area contributed by atoms with Crippen LogP contribution in [0.25, 0.3) is 0 Å². The predicted octanol–water partition coefficient (Wildman–Crippen LogP) is 22.0. The van der Waals surface area contributed by atoms with E-state index >= 15 is 0 Å². The zero-order valence-electron chi connectivity index (χ0n) is 50.0. The Hall–Kier alpha value is -3.67. The second-order valence-electron chi connectivity index (χ2n) is 21.3. The van der Waals surface area contributed by atoms with Crippen molar-refractivity contribution in [1.82, 2.24) is 0 Å².